The Hall–Kier alpha value is -0.900. The molecule has 4 heteroatoms. The molecule has 0 unspecified atom stereocenters. The van der Waals surface area contributed by atoms with Crippen molar-refractivity contribution in [2.24, 2.45) is 0 Å². The SMILES string of the molecule is CC1(c2ncon2)COC1. The minimum absolute atomic E-state index is 0.00694. The molecule has 2 rings (SSSR count). The summed E-state index contributed by atoms with van der Waals surface area (Å²) in [6.45, 7) is 3.46. The molecule has 1 aliphatic heterocycles. The summed E-state index contributed by atoms with van der Waals surface area (Å²) in [5.41, 5.74) is 0.00694. The summed E-state index contributed by atoms with van der Waals surface area (Å²) in [5.74, 6) is 0.749. The van der Waals surface area contributed by atoms with Crippen molar-refractivity contribution >= 4 is 0 Å². The standard InChI is InChI=1S/C6H8N2O2/c1-6(2-9-3-6)5-7-4-10-8-5/h4H,2-3H2,1H3. The fourth-order valence-electron chi connectivity index (χ4n) is 0.974. The zero-order chi connectivity index (χ0) is 7.03. The van der Waals surface area contributed by atoms with Crippen molar-refractivity contribution in [3.05, 3.63) is 12.2 Å². The van der Waals surface area contributed by atoms with Gasteiger partial charge in [0.15, 0.2) is 5.82 Å². The molecule has 4 nitrogen and oxygen atoms in total. The van der Waals surface area contributed by atoms with Gasteiger partial charge in [0.05, 0.1) is 18.6 Å². The molecule has 1 aromatic heterocycles. The summed E-state index contributed by atoms with van der Waals surface area (Å²) in [7, 11) is 0. The minimum Gasteiger partial charge on any atom is -0.379 e. The van der Waals surface area contributed by atoms with E-state index in [1.54, 1.807) is 0 Å². The second-order valence-corrected chi connectivity index (χ2v) is 2.81. The normalized spacial score (nSPS) is 22.1. The first-order chi connectivity index (χ1) is 4.81. The lowest BCUT2D eigenvalue weighted by atomic mass is 9.88. The van der Waals surface area contributed by atoms with Gasteiger partial charge in [0.1, 0.15) is 0 Å². The molecule has 0 radical (unpaired) electrons. The molecule has 54 valence electrons. The third-order valence-corrected chi connectivity index (χ3v) is 1.74. The fraction of sp³-hybridized carbons (Fsp3) is 0.667. The van der Waals surface area contributed by atoms with E-state index in [-0.39, 0.29) is 5.41 Å². The molecule has 10 heavy (non-hydrogen) atoms. The Labute approximate surface area is 58.2 Å². The van der Waals surface area contributed by atoms with Crippen LogP contribution in [0.3, 0.4) is 0 Å². The Morgan fingerprint density at radius 2 is 2.40 bits per heavy atom. The van der Waals surface area contributed by atoms with Crippen molar-refractivity contribution in [1.82, 2.24) is 10.1 Å². The average molecular weight is 140 g/mol. The number of hydrogen-bond donors (Lipinski definition) is 0. The predicted molar refractivity (Wildman–Crippen MR) is 32.5 cm³/mol. The molecule has 0 spiro atoms. The van der Waals surface area contributed by atoms with Crippen LogP contribution < -0.4 is 0 Å². The largest absolute Gasteiger partial charge is 0.379 e. The molecule has 1 aliphatic rings. The molecular formula is C6H8N2O2. The van der Waals surface area contributed by atoms with Crippen molar-refractivity contribution in [2.75, 3.05) is 13.2 Å². The van der Waals surface area contributed by atoms with Crippen molar-refractivity contribution in [3.8, 4) is 0 Å². The van der Waals surface area contributed by atoms with Gasteiger partial charge in [-0.15, -0.1) is 0 Å². The molecule has 1 saturated heterocycles. The summed E-state index contributed by atoms with van der Waals surface area (Å²) < 4.78 is 9.66. The predicted octanol–water partition coefficient (Wildman–Crippen LogP) is 0.357. The first kappa shape index (κ1) is 5.85. The molecule has 0 aliphatic carbocycles. The van der Waals surface area contributed by atoms with Crippen molar-refractivity contribution < 1.29 is 9.26 Å². The Morgan fingerprint density at radius 3 is 2.80 bits per heavy atom. The number of hydrogen-bond acceptors (Lipinski definition) is 4. The van der Waals surface area contributed by atoms with E-state index in [1.807, 2.05) is 0 Å². The molecule has 0 amide bonds. The molecule has 0 aromatic carbocycles. The molecule has 1 fully saturated rings. The van der Waals surface area contributed by atoms with Crippen molar-refractivity contribution in [1.29, 1.82) is 0 Å². The van der Waals surface area contributed by atoms with Gasteiger partial charge in [0.2, 0.25) is 6.39 Å². The van der Waals surface area contributed by atoms with Gasteiger partial charge >= 0.3 is 0 Å². The fourth-order valence-corrected chi connectivity index (χ4v) is 0.974. The molecule has 2 heterocycles. The van der Waals surface area contributed by atoms with E-state index in [0.717, 1.165) is 5.82 Å². The summed E-state index contributed by atoms with van der Waals surface area (Å²) in [6, 6.07) is 0. The van der Waals surface area contributed by atoms with Crippen LogP contribution in [0.2, 0.25) is 0 Å². The first-order valence-electron chi connectivity index (χ1n) is 3.16. The van der Waals surface area contributed by atoms with Gasteiger partial charge in [-0.25, -0.2) is 0 Å². The molecular weight excluding hydrogens is 132 g/mol. The summed E-state index contributed by atoms with van der Waals surface area (Å²) in [4.78, 5) is 3.95. The topological polar surface area (TPSA) is 48.2 Å². The van der Waals surface area contributed by atoms with E-state index in [9.17, 15) is 0 Å². The van der Waals surface area contributed by atoms with Crippen LogP contribution in [0.4, 0.5) is 0 Å². The highest BCUT2D eigenvalue weighted by Gasteiger charge is 2.39. The van der Waals surface area contributed by atoms with Crippen LogP contribution in [0.25, 0.3) is 0 Å². The second kappa shape index (κ2) is 1.79. The van der Waals surface area contributed by atoms with E-state index < -0.39 is 0 Å². The van der Waals surface area contributed by atoms with Crippen LogP contribution >= 0.6 is 0 Å². The maximum atomic E-state index is 5.04. The maximum Gasteiger partial charge on any atom is 0.213 e. The molecule has 1 aromatic rings. The lowest BCUT2D eigenvalue weighted by Gasteiger charge is -2.34. The summed E-state index contributed by atoms with van der Waals surface area (Å²) in [5, 5.41) is 3.74. The van der Waals surface area contributed by atoms with Crippen molar-refractivity contribution in [2.45, 2.75) is 12.3 Å². The number of rotatable bonds is 1. The smallest absolute Gasteiger partial charge is 0.213 e. The van der Waals surface area contributed by atoms with E-state index in [2.05, 4.69) is 21.6 Å². The Kier molecular flexibility index (Phi) is 1.05. The molecule has 0 N–H and O–H groups in total. The third kappa shape index (κ3) is 0.654. The summed E-state index contributed by atoms with van der Waals surface area (Å²) in [6.07, 6.45) is 1.35. The Bertz CT molecular complexity index is 216. The van der Waals surface area contributed by atoms with Crippen LogP contribution in [-0.2, 0) is 10.2 Å². The monoisotopic (exact) mass is 140 g/mol. The van der Waals surface area contributed by atoms with Gasteiger partial charge in [-0.3, -0.25) is 0 Å². The number of nitrogens with zero attached hydrogens (tertiary/aromatic N) is 2. The lowest BCUT2D eigenvalue weighted by Crippen LogP contribution is -2.44. The van der Waals surface area contributed by atoms with E-state index in [4.69, 9.17) is 4.74 Å². The van der Waals surface area contributed by atoms with Gasteiger partial charge in [-0.1, -0.05) is 5.16 Å². The summed E-state index contributed by atoms with van der Waals surface area (Å²) >= 11 is 0. The number of ether oxygens (including phenoxy) is 1. The van der Waals surface area contributed by atoms with Gasteiger partial charge < -0.3 is 9.26 Å². The number of aromatic nitrogens is 2. The van der Waals surface area contributed by atoms with E-state index in [0.29, 0.717) is 13.2 Å². The zero-order valence-electron chi connectivity index (χ0n) is 5.70. The highest BCUT2D eigenvalue weighted by atomic mass is 16.5. The van der Waals surface area contributed by atoms with Crippen LogP contribution in [0, 0.1) is 0 Å². The first-order valence-corrected chi connectivity index (χ1v) is 3.16. The third-order valence-electron chi connectivity index (χ3n) is 1.74. The molecule has 0 bridgehead atoms. The van der Waals surface area contributed by atoms with Crippen LogP contribution in [0.5, 0.6) is 0 Å². The van der Waals surface area contributed by atoms with Gasteiger partial charge in [0, 0.05) is 0 Å². The van der Waals surface area contributed by atoms with Crippen molar-refractivity contribution in [3.63, 3.8) is 0 Å². The highest BCUT2D eigenvalue weighted by molar-refractivity contribution is 5.07. The van der Waals surface area contributed by atoms with Crippen LogP contribution in [0.1, 0.15) is 12.7 Å². The second-order valence-electron chi connectivity index (χ2n) is 2.81. The van der Waals surface area contributed by atoms with E-state index in [1.165, 1.54) is 6.39 Å². The average Bonchev–Trinajstić information content (AvgIpc) is 2.33. The van der Waals surface area contributed by atoms with Gasteiger partial charge in [-0.2, -0.15) is 4.98 Å². The van der Waals surface area contributed by atoms with Crippen LogP contribution in [-0.4, -0.2) is 23.4 Å². The molecule has 0 saturated carbocycles. The zero-order valence-corrected chi connectivity index (χ0v) is 5.70. The Morgan fingerprint density at radius 1 is 1.60 bits per heavy atom. The lowest BCUT2D eigenvalue weighted by molar-refractivity contribution is -0.0551. The highest BCUT2D eigenvalue weighted by Crippen LogP contribution is 2.28. The van der Waals surface area contributed by atoms with Crippen LogP contribution in [0.15, 0.2) is 10.9 Å². The Balaban J connectivity index is 2.27. The van der Waals surface area contributed by atoms with E-state index >= 15 is 0 Å². The quantitative estimate of drug-likeness (QED) is 0.565. The minimum atomic E-state index is 0.00694. The molecule has 0 atom stereocenters. The maximum absolute atomic E-state index is 5.04. The van der Waals surface area contributed by atoms with Gasteiger partial charge in [0.25, 0.3) is 0 Å². The van der Waals surface area contributed by atoms with Gasteiger partial charge in [-0.05, 0) is 6.92 Å².